The Kier molecular flexibility index (Phi) is 3.52. The van der Waals surface area contributed by atoms with E-state index in [9.17, 15) is 4.79 Å². The standard InChI is InChI=1S/C15H17N3O2/c1-2-16-8-10-7-14(19)18-15(17-10)12-9-20-13-6-4-3-5-11(12)13/h3-7,12,16H,2,8-9H2,1H3,(H,17,18,19). The van der Waals surface area contributed by atoms with Gasteiger partial charge in [-0.1, -0.05) is 25.1 Å². The number of hydrogen-bond acceptors (Lipinski definition) is 4. The summed E-state index contributed by atoms with van der Waals surface area (Å²) in [6.45, 7) is 3.99. The fourth-order valence-corrected chi connectivity index (χ4v) is 2.43. The van der Waals surface area contributed by atoms with Crippen LogP contribution in [0.15, 0.2) is 35.1 Å². The molecule has 0 fully saturated rings. The van der Waals surface area contributed by atoms with Crippen molar-refractivity contribution in [3.8, 4) is 5.75 Å². The molecule has 0 bridgehead atoms. The average molecular weight is 271 g/mol. The van der Waals surface area contributed by atoms with Crippen molar-refractivity contribution in [3.05, 3.63) is 57.8 Å². The van der Waals surface area contributed by atoms with Gasteiger partial charge in [-0.05, 0) is 12.6 Å². The molecule has 1 aromatic carbocycles. The quantitative estimate of drug-likeness (QED) is 0.882. The zero-order valence-electron chi connectivity index (χ0n) is 11.3. The van der Waals surface area contributed by atoms with E-state index in [0.717, 1.165) is 23.6 Å². The Labute approximate surface area is 117 Å². The fraction of sp³-hybridized carbons (Fsp3) is 0.333. The molecule has 2 aromatic rings. The zero-order valence-corrected chi connectivity index (χ0v) is 11.3. The molecule has 1 atom stereocenters. The van der Waals surface area contributed by atoms with Gasteiger partial charge in [-0.15, -0.1) is 0 Å². The lowest BCUT2D eigenvalue weighted by atomic mass is 10.0. The van der Waals surface area contributed by atoms with E-state index in [-0.39, 0.29) is 11.5 Å². The Bertz CT molecular complexity index is 666. The minimum atomic E-state index is -0.118. The highest BCUT2D eigenvalue weighted by molar-refractivity contribution is 5.42. The normalized spacial score (nSPS) is 16.8. The highest BCUT2D eigenvalue weighted by Crippen LogP contribution is 2.35. The molecular formula is C15H17N3O2. The van der Waals surface area contributed by atoms with E-state index in [1.165, 1.54) is 6.07 Å². The topological polar surface area (TPSA) is 67.0 Å². The number of hydrogen-bond donors (Lipinski definition) is 2. The molecule has 2 N–H and O–H groups in total. The molecule has 0 radical (unpaired) electrons. The van der Waals surface area contributed by atoms with Crippen molar-refractivity contribution < 1.29 is 4.74 Å². The van der Waals surface area contributed by atoms with E-state index in [1.807, 2.05) is 31.2 Å². The third-order valence-corrected chi connectivity index (χ3v) is 3.40. The highest BCUT2D eigenvalue weighted by atomic mass is 16.5. The average Bonchev–Trinajstić information content (AvgIpc) is 2.88. The molecule has 5 heteroatoms. The Morgan fingerprint density at radius 2 is 2.30 bits per heavy atom. The summed E-state index contributed by atoms with van der Waals surface area (Å²) in [6.07, 6.45) is 0. The summed E-state index contributed by atoms with van der Waals surface area (Å²) < 4.78 is 5.65. The van der Waals surface area contributed by atoms with E-state index in [4.69, 9.17) is 4.74 Å². The lowest BCUT2D eigenvalue weighted by molar-refractivity contribution is 0.339. The Balaban J connectivity index is 1.95. The van der Waals surface area contributed by atoms with Crippen molar-refractivity contribution in [3.63, 3.8) is 0 Å². The second kappa shape index (κ2) is 5.46. The molecular weight excluding hydrogens is 254 g/mol. The van der Waals surface area contributed by atoms with Crippen molar-refractivity contribution in [2.24, 2.45) is 0 Å². The van der Waals surface area contributed by atoms with Crippen LogP contribution in [0, 0.1) is 0 Å². The van der Waals surface area contributed by atoms with Crippen molar-refractivity contribution >= 4 is 0 Å². The molecule has 0 aliphatic carbocycles. The second-order valence-electron chi connectivity index (χ2n) is 4.80. The minimum Gasteiger partial charge on any atom is -0.492 e. The molecule has 104 valence electrons. The SMILES string of the molecule is CCNCc1cc(=O)[nH]c(C2COc3ccccc32)n1. The maximum Gasteiger partial charge on any atom is 0.251 e. The predicted octanol–water partition coefficient (Wildman–Crippen LogP) is 1.40. The summed E-state index contributed by atoms with van der Waals surface area (Å²) in [4.78, 5) is 19.2. The molecule has 1 aliphatic rings. The number of para-hydroxylation sites is 1. The van der Waals surface area contributed by atoms with Crippen LogP contribution in [-0.4, -0.2) is 23.1 Å². The first kappa shape index (κ1) is 12.9. The number of fused-ring (bicyclic) bond motifs is 1. The van der Waals surface area contributed by atoms with Gasteiger partial charge in [0.05, 0.1) is 11.6 Å². The second-order valence-corrected chi connectivity index (χ2v) is 4.80. The molecule has 2 heterocycles. The Hall–Kier alpha value is -2.14. The summed E-state index contributed by atoms with van der Waals surface area (Å²) in [5.41, 5.74) is 1.72. The van der Waals surface area contributed by atoms with E-state index in [1.54, 1.807) is 0 Å². The van der Waals surface area contributed by atoms with Gasteiger partial charge in [-0.2, -0.15) is 0 Å². The summed E-state index contributed by atoms with van der Waals surface area (Å²) >= 11 is 0. The van der Waals surface area contributed by atoms with Crippen LogP contribution < -0.4 is 15.6 Å². The van der Waals surface area contributed by atoms with Crippen LogP contribution in [0.2, 0.25) is 0 Å². The van der Waals surface area contributed by atoms with E-state index in [0.29, 0.717) is 19.0 Å². The van der Waals surface area contributed by atoms with E-state index >= 15 is 0 Å². The fourth-order valence-electron chi connectivity index (χ4n) is 2.43. The predicted molar refractivity (Wildman–Crippen MR) is 76.0 cm³/mol. The molecule has 0 amide bonds. The van der Waals surface area contributed by atoms with E-state index < -0.39 is 0 Å². The number of benzene rings is 1. The number of aromatic nitrogens is 2. The molecule has 20 heavy (non-hydrogen) atoms. The van der Waals surface area contributed by atoms with Crippen molar-refractivity contribution in [1.82, 2.24) is 15.3 Å². The third-order valence-electron chi connectivity index (χ3n) is 3.40. The maximum absolute atomic E-state index is 11.8. The van der Waals surface area contributed by atoms with Gasteiger partial charge in [-0.3, -0.25) is 4.79 Å². The van der Waals surface area contributed by atoms with Gasteiger partial charge in [0.25, 0.3) is 5.56 Å². The lowest BCUT2D eigenvalue weighted by Crippen LogP contribution is -2.21. The largest absolute Gasteiger partial charge is 0.492 e. The van der Waals surface area contributed by atoms with Crippen LogP contribution in [0.5, 0.6) is 5.75 Å². The molecule has 0 spiro atoms. The summed E-state index contributed by atoms with van der Waals surface area (Å²) in [7, 11) is 0. The molecule has 1 unspecified atom stereocenters. The number of H-pyrrole nitrogens is 1. The molecule has 0 saturated heterocycles. The van der Waals surface area contributed by atoms with Crippen LogP contribution in [0.3, 0.4) is 0 Å². The monoisotopic (exact) mass is 271 g/mol. The van der Waals surface area contributed by atoms with Gasteiger partial charge in [0.1, 0.15) is 18.2 Å². The van der Waals surface area contributed by atoms with Gasteiger partial charge < -0.3 is 15.0 Å². The van der Waals surface area contributed by atoms with Crippen molar-refractivity contribution in [2.75, 3.05) is 13.2 Å². The van der Waals surface area contributed by atoms with Gasteiger partial charge >= 0.3 is 0 Å². The van der Waals surface area contributed by atoms with Gasteiger partial charge in [-0.25, -0.2) is 4.98 Å². The van der Waals surface area contributed by atoms with Gasteiger partial charge in [0.15, 0.2) is 0 Å². The first-order chi connectivity index (χ1) is 9.78. The molecule has 3 rings (SSSR count). The minimum absolute atomic E-state index is 0.000441. The zero-order chi connectivity index (χ0) is 13.9. The summed E-state index contributed by atoms with van der Waals surface area (Å²) in [5.74, 6) is 1.55. The van der Waals surface area contributed by atoms with Crippen LogP contribution in [0.1, 0.15) is 29.9 Å². The van der Waals surface area contributed by atoms with Crippen LogP contribution >= 0.6 is 0 Å². The molecule has 5 nitrogen and oxygen atoms in total. The van der Waals surface area contributed by atoms with E-state index in [2.05, 4.69) is 15.3 Å². The third kappa shape index (κ3) is 2.44. The summed E-state index contributed by atoms with van der Waals surface area (Å²) in [6, 6.07) is 9.41. The molecule has 0 saturated carbocycles. The Morgan fingerprint density at radius 1 is 1.45 bits per heavy atom. The number of rotatable bonds is 4. The van der Waals surface area contributed by atoms with Gasteiger partial charge in [0.2, 0.25) is 0 Å². The number of ether oxygens (including phenoxy) is 1. The number of aromatic amines is 1. The number of nitrogens with one attached hydrogen (secondary N) is 2. The van der Waals surface area contributed by atoms with Crippen LogP contribution in [0.25, 0.3) is 0 Å². The maximum atomic E-state index is 11.8. The molecule has 1 aliphatic heterocycles. The van der Waals surface area contributed by atoms with Crippen molar-refractivity contribution in [1.29, 1.82) is 0 Å². The number of nitrogens with zero attached hydrogens (tertiary/aromatic N) is 1. The molecule has 1 aromatic heterocycles. The summed E-state index contributed by atoms with van der Waals surface area (Å²) in [5, 5.41) is 3.18. The smallest absolute Gasteiger partial charge is 0.251 e. The van der Waals surface area contributed by atoms with Crippen molar-refractivity contribution in [2.45, 2.75) is 19.4 Å². The first-order valence-corrected chi connectivity index (χ1v) is 6.80. The van der Waals surface area contributed by atoms with Gasteiger partial charge in [0, 0.05) is 18.2 Å². The first-order valence-electron chi connectivity index (χ1n) is 6.80. The van der Waals surface area contributed by atoms with Crippen LogP contribution in [0.4, 0.5) is 0 Å². The van der Waals surface area contributed by atoms with Crippen LogP contribution in [-0.2, 0) is 6.54 Å². The Morgan fingerprint density at radius 3 is 3.15 bits per heavy atom. The lowest BCUT2D eigenvalue weighted by Gasteiger charge is -2.10. The highest BCUT2D eigenvalue weighted by Gasteiger charge is 2.27.